The first-order valence-corrected chi connectivity index (χ1v) is 14.2. The Morgan fingerprint density at radius 2 is 0.938 bits per heavy atom. The molecule has 0 amide bonds. The standard InChI is InChI=1S/C28H26Br2OSi/c1-28(2,3)21-19-25(29)27(26(30)20-21)31-32(22-13-7-4-8-14-22,23-15-9-5-10-16-23)24-17-11-6-12-18-24/h4-20H,1-3H3. The van der Waals surface area contributed by atoms with E-state index in [0.29, 0.717) is 0 Å². The van der Waals surface area contributed by atoms with Crippen molar-refractivity contribution < 1.29 is 4.43 Å². The number of hydrogen-bond acceptors (Lipinski definition) is 1. The smallest absolute Gasteiger partial charge is 0.347 e. The van der Waals surface area contributed by atoms with Gasteiger partial charge in [0.1, 0.15) is 5.75 Å². The van der Waals surface area contributed by atoms with Gasteiger partial charge in [0.15, 0.2) is 0 Å². The predicted molar refractivity (Wildman–Crippen MR) is 145 cm³/mol. The minimum atomic E-state index is -2.85. The van der Waals surface area contributed by atoms with Crippen LogP contribution in [0.2, 0.25) is 0 Å². The van der Waals surface area contributed by atoms with Crippen LogP contribution in [0.1, 0.15) is 26.3 Å². The summed E-state index contributed by atoms with van der Waals surface area (Å²) in [5, 5.41) is 3.61. The SMILES string of the molecule is CC(C)(C)c1cc(Br)c(O[Si](c2ccccc2)(c2ccccc2)c2ccccc2)c(Br)c1. The summed E-state index contributed by atoms with van der Waals surface area (Å²) in [6.45, 7) is 6.66. The average Bonchev–Trinajstić information content (AvgIpc) is 2.80. The van der Waals surface area contributed by atoms with Crippen molar-refractivity contribution in [2.24, 2.45) is 0 Å². The third kappa shape index (κ3) is 4.50. The van der Waals surface area contributed by atoms with Gasteiger partial charge in [-0.05, 0) is 70.5 Å². The third-order valence-electron chi connectivity index (χ3n) is 5.66. The molecule has 162 valence electrons. The Balaban J connectivity index is 2.00. The minimum Gasteiger partial charge on any atom is -0.529 e. The molecule has 4 aromatic carbocycles. The molecule has 0 unspecified atom stereocenters. The molecule has 0 aromatic heterocycles. The van der Waals surface area contributed by atoms with Crippen molar-refractivity contribution in [2.45, 2.75) is 26.2 Å². The summed E-state index contributed by atoms with van der Waals surface area (Å²) in [7, 11) is -2.85. The van der Waals surface area contributed by atoms with Crippen molar-refractivity contribution in [1.29, 1.82) is 0 Å². The van der Waals surface area contributed by atoms with Gasteiger partial charge in [-0.15, -0.1) is 0 Å². The van der Waals surface area contributed by atoms with E-state index in [2.05, 4.69) is 156 Å². The first-order valence-electron chi connectivity index (χ1n) is 10.7. The van der Waals surface area contributed by atoms with Crippen molar-refractivity contribution in [3.8, 4) is 5.75 Å². The minimum absolute atomic E-state index is 0.0381. The van der Waals surface area contributed by atoms with E-state index >= 15 is 0 Å². The second kappa shape index (κ2) is 9.38. The van der Waals surface area contributed by atoms with Gasteiger partial charge in [0.2, 0.25) is 0 Å². The van der Waals surface area contributed by atoms with Crippen LogP contribution in [0.3, 0.4) is 0 Å². The quantitative estimate of drug-likeness (QED) is 0.197. The molecule has 4 aromatic rings. The zero-order chi connectivity index (χ0) is 22.8. The highest BCUT2D eigenvalue weighted by Crippen LogP contribution is 2.39. The average molecular weight is 566 g/mol. The number of halogens is 2. The Kier molecular flexibility index (Phi) is 6.75. The van der Waals surface area contributed by atoms with Crippen LogP contribution in [-0.4, -0.2) is 8.32 Å². The van der Waals surface area contributed by atoms with E-state index in [4.69, 9.17) is 4.43 Å². The van der Waals surface area contributed by atoms with Crippen molar-refractivity contribution in [3.63, 3.8) is 0 Å². The van der Waals surface area contributed by atoms with Gasteiger partial charge in [-0.3, -0.25) is 0 Å². The first kappa shape index (κ1) is 23.0. The van der Waals surface area contributed by atoms with Gasteiger partial charge < -0.3 is 4.43 Å². The van der Waals surface area contributed by atoms with Gasteiger partial charge in [-0.25, -0.2) is 0 Å². The molecule has 1 nitrogen and oxygen atoms in total. The molecule has 4 heteroatoms. The summed E-state index contributed by atoms with van der Waals surface area (Å²) in [5.74, 6) is 0.834. The van der Waals surface area contributed by atoms with Crippen LogP contribution in [0.4, 0.5) is 0 Å². The lowest BCUT2D eigenvalue weighted by Crippen LogP contribution is -2.71. The maximum absolute atomic E-state index is 7.23. The Hall–Kier alpha value is -2.14. The molecule has 0 N–H and O–H groups in total. The van der Waals surface area contributed by atoms with Crippen LogP contribution in [0.25, 0.3) is 0 Å². The van der Waals surface area contributed by atoms with E-state index in [0.717, 1.165) is 14.7 Å². The Labute approximate surface area is 208 Å². The number of benzene rings is 4. The Morgan fingerprint density at radius 1 is 0.594 bits per heavy atom. The van der Waals surface area contributed by atoms with Gasteiger partial charge in [-0.2, -0.15) is 0 Å². The van der Waals surface area contributed by atoms with E-state index in [1.54, 1.807) is 0 Å². The molecule has 0 spiro atoms. The molecule has 0 radical (unpaired) electrons. The molecule has 0 atom stereocenters. The molecule has 0 aliphatic carbocycles. The second-order valence-electron chi connectivity index (χ2n) is 8.90. The van der Waals surface area contributed by atoms with Crippen LogP contribution in [0.15, 0.2) is 112 Å². The highest BCUT2D eigenvalue weighted by Gasteiger charge is 2.44. The highest BCUT2D eigenvalue weighted by molar-refractivity contribution is 9.11. The summed E-state index contributed by atoms with van der Waals surface area (Å²) < 4.78 is 9.14. The molecule has 0 saturated carbocycles. The zero-order valence-electron chi connectivity index (χ0n) is 18.5. The number of hydrogen-bond donors (Lipinski definition) is 0. The lowest BCUT2D eigenvalue weighted by atomic mass is 9.87. The van der Waals surface area contributed by atoms with Crippen LogP contribution in [0.5, 0.6) is 5.75 Å². The molecule has 0 saturated heterocycles. The number of rotatable bonds is 5. The predicted octanol–water partition coefficient (Wildman–Crippen LogP) is 6.56. The summed E-state index contributed by atoms with van der Waals surface area (Å²) in [6.07, 6.45) is 0. The van der Waals surface area contributed by atoms with Gasteiger partial charge in [-0.1, -0.05) is 112 Å². The van der Waals surface area contributed by atoms with E-state index in [1.807, 2.05) is 0 Å². The molecule has 32 heavy (non-hydrogen) atoms. The lowest BCUT2D eigenvalue weighted by molar-refractivity contribution is 0.560. The monoisotopic (exact) mass is 564 g/mol. The Morgan fingerprint density at radius 3 is 1.25 bits per heavy atom. The second-order valence-corrected chi connectivity index (χ2v) is 13.9. The van der Waals surface area contributed by atoms with E-state index in [1.165, 1.54) is 21.1 Å². The van der Waals surface area contributed by atoms with Gasteiger partial charge in [0, 0.05) is 0 Å². The van der Waals surface area contributed by atoms with Crippen LogP contribution in [-0.2, 0) is 5.41 Å². The van der Waals surface area contributed by atoms with Crippen LogP contribution in [0, 0.1) is 0 Å². The molecular weight excluding hydrogens is 540 g/mol. The van der Waals surface area contributed by atoms with Crippen LogP contribution < -0.4 is 20.0 Å². The summed E-state index contributed by atoms with van der Waals surface area (Å²) in [5.41, 5.74) is 1.28. The fourth-order valence-corrected chi connectivity index (χ4v) is 9.45. The first-order chi connectivity index (χ1) is 15.3. The van der Waals surface area contributed by atoms with Gasteiger partial charge in [0.05, 0.1) is 8.95 Å². The van der Waals surface area contributed by atoms with E-state index in [-0.39, 0.29) is 5.41 Å². The lowest BCUT2D eigenvalue weighted by Gasteiger charge is -2.34. The summed E-state index contributed by atoms with van der Waals surface area (Å²) >= 11 is 7.66. The van der Waals surface area contributed by atoms with Crippen molar-refractivity contribution in [1.82, 2.24) is 0 Å². The van der Waals surface area contributed by atoms with Gasteiger partial charge >= 0.3 is 8.32 Å². The molecule has 0 fully saturated rings. The maximum Gasteiger partial charge on any atom is 0.347 e. The molecule has 4 rings (SSSR count). The summed E-state index contributed by atoms with van der Waals surface area (Å²) in [4.78, 5) is 0. The van der Waals surface area contributed by atoms with E-state index < -0.39 is 8.32 Å². The fraction of sp³-hybridized carbons (Fsp3) is 0.143. The maximum atomic E-state index is 7.23. The fourth-order valence-electron chi connectivity index (χ4n) is 3.94. The third-order valence-corrected chi connectivity index (χ3v) is 10.8. The highest BCUT2D eigenvalue weighted by atomic mass is 79.9. The zero-order valence-corrected chi connectivity index (χ0v) is 22.7. The molecule has 0 aliphatic heterocycles. The van der Waals surface area contributed by atoms with Crippen molar-refractivity contribution in [2.75, 3.05) is 0 Å². The Bertz CT molecular complexity index is 1070. The molecule has 0 bridgehead atoms. The molecule has 0 aliphatic rings. The largest absolute Gasteiger partial charge is 0.529 e. The normalized spacial score (nSPS) is 11.9. The topological polar surface area (TPSA) is 9.23 Å². The van der Waals surface area contributed by atoms with Gasteiger partial charge in [0.25, 0.3) is 0 Å². The van der Waals surface area contributed by atoms with Crippen molar-refractivity contribution in [3.05, 3.63) is 118 Å². The van der Waals surface area contributed by atoms with Crippen molar-refractivity contribution >= 4 is 55.7 Å². The van der Waals surface area contributed by atoms with Crippen LogP contribution >= 0.6 is 31.9 Å². The van der Waals surface area contributed by atoms with E-state index in [9.17, 15) is 0 Å². The summed E-state index contributed by atoms with van der Waals surface area (Å²) in [6, 6.07) is 36.3. The molecule has 0 heterocycles. The molecular formula is C28H26Br2OSi.